The Morgan fingerprint density at radius 1 is 1.00 bits per heavy atom. The number of benzene rings is 3. The zero-order chi connectivity index (χ0) is 38.7. The van der Waals surface area contributed by atoms with Gasteiger partial charge in [0.2, 0.25) is 35.1 Å². The van der Waals surface area contributed by atoms with Crippen LogP contribution in [-0.2, 0) is 43.4 Å². The summed E-state index contributed by atoms with van der Waals surface area (Å²) in [4.78, 5) is 77.6. The van der Waals surface area contributed by atoms with Crippen molar-refractivity contribution in [2.75, 3.05) is 20.2 Å². The van der Waals surface area contributed by atoms with Crippen LogP contribution < -0.4 is 46.9 Å². The third-order valence-corrected chi connectivity index (χ3v) is 8.11. The summed E-state index contributed by atoms with van der Waals surface area (Å²) in [5, 5.41) is 23.1. The number of amides is 4. The van der Waals surface area contributed by atoms with E-state index >= 15 is 0 Å². The lowest BCUT2D eigenvalue weighted by atomic mass is 9.99. The summed E-state index contributed by atoms with van der Waals surface area (Å²) in [6, 6.07) is 12.2. The van der Waals surface area contributed by atoms with Crippen LogP contribution in [0.25, 0.3) is 0 Å². The Labute approximate surface area is 305 Å². The van der Waals surface area contributed by atoms with Crippen LogP contribution in [0.3, 0.4) is 0 Å². The van der Waals surface area contributed by atoms with Gasteiger partial charge in [0.15, 0.2) is 11.5 Å². The summed E-state index contributed by atoms with van der Waals surface area (Å²) in [6.07, 6.45) is 0.0208. The van der Waals surface area contributed by atoms with Crippen LogP contribution in [0.1, 0.15) is 37.0 Å². The first-order chi connectivity index (χ1) is 25.3. The minimum Gasteiger partial charge on any atom is -0.490 e. The normalized spacial score (nSPS) is 16.4. The monoisotopic (exact) mass is 733 g/mol. The fraction of sp³-hybridized carbons (Fsp3) is 0.361. The van der Waals surface area contributed by atoms with E-state index in [1.165, 1.54) is 37.4 Å². The van der Waals surface area contributed by atoms with Gasteiger partial charge >= 0.3 is 11.7 Å². The standard InChI is InChI=1S/C36H43N7O10/c1-20(2)11-24(40-31(44)17-37)35(47)42-26-13-22-9-10-28(27(14-22)43(49)50)52-29-15-23(16-30(33(29)51-3)53-32(45)18-38)19-39-34(46)25(41-36(26)48)12-21-7-5-4-6-8-21/h4-10,14-16,20,24-26H,11-13,17-19,37-38H2,1-3H3,(H,39,46)(H,40,44)(H,41,48)(H,42,47)/t24-,25-,26+/m0/s1. The summed E-state index contributed by atoms with van der Waals surface area (Å²) < 4.78 is 16.8. The van der Waals surface area contributed by atoms with Crippen molar-refractivity contribution in [1.29, 1.82) is 0 Å². The molecule has 0 saturated heterocycles. The molecule has 53 heavy (non-hydrogen) atoms. The van der Waals surface area contributed by atoms with Gasteiger partial charge in [-0.1, -0.05) is 50.2 Å². The second-order valence-electron chi connectivity index (χ2n) is 12.7. The van der Waals surface area contributed by atoms with Crippen LogP contribution in [0.4, 0.5) is 5.69 Å². The van der Waals surface area contributed by atoms with Crippen molar-refractivity contribution in [3.63, 3.8) is 0 Å². The van der Waals surface area contributed by atoms with Crippen molar-refractivity contribution < 1.29 is 43.1 Å². The molecule has 2 aliphatic heterocycles. The zero-order valence-corrected chi connectivity index (χ0v) is 29.5. The van der Waals surface area contributed by atoms with Gasteiger partial charge in [-0.05, 0) is 47.2 Å². The predicted octanol–water partition coefficient (Wildman–Crippen LogP) is 1.13. The number of nitro benzene ring substituents is 1. The molecule has 5 rings (SSSR count). The summed E-state index contributed by atoms with van der Waals surface area (Å²) >= 11 is 0. The Balaban J connectivity index is 1.83. The van der Waals surface area contributed by atoms with Crippen molar-refractivity contribution in [1.82, 2.24) is 21.3 Å². The average molecular weight is 734 g/mol. The number of nitrogens with two attached hydrogens (primary N) is 2. The molecule has 3 atom stereocenters. The SMILES string of the molecule is COc1c(OC(=O)CN)cc2cc1Oc1ccc(cc1[N+](=O)[O-])C[C@@H](NC(=O)[C@H](CC(C)C)NC(=O)CN)C(=O)N[C@@H](Cc1ccccc1)C(=O)NC2. The number of carbonyl (C=O) groups is 5. The van der Waals surface area contributed by atoms with Crippen LogP contribution in [0.5, 0.6) is 23.0 Å². The Bertz CT molecular complexity index is 1840. The van der Waals surface area contributed by atoms with Crippen LogP contribution in [-0.4, -0.2) is 72.8 Å². The molecule has 3 aromatic carbocycles. The van der Waals surface area contributed by atoms with E-state index in [2.05, 4.69) is 21.3 Å². The number of hydrogen-bond acceptors (Lipinski definition) is 12. The number of carbonyl (C=O) groups excluding carboxylic acids is 5. The van der Waals surface area contributed by atoms with E-state index in [0.29, 0.717) is 11.1 Å². The van der Waals surface area contributed by atoms with Gasteiger partial charge in [-0.2, -0.15) is 0 Å². The molecule has 3 aromatic rings. The average Bonchev–Trinajstić information content (AvgIpc) is 3.13. The molecule has 17 heteroatoms. The Morgan fingerprint density at radius 2 is 1.74 bits per heavy atom. The quantitative estimate of drug-likeness (QED) is 0.0663. The third kappa shape index (κ3) is 11.0. The third-order valence-electron chi connectivity index (χ3n) is 8.11. The number of fused-ring (bicyclic) bond motifs is 9. The highest BCUT2D eigenvalue weighted by atomic mass is 16.6. The van der Waals surface area contributed by atoms with Gasteiger partial charge in [-0.25, -0.2) is 0 Å². The molecule has 4 bridgehead atoms. The first kappa shape index (κ1) is 39.7. The van der Waals surface area contributed by atoms with E-state index < -0.39 is 64.9 Å². The van der Waals surface area contributed by atoms with Crippen LogP contribution in [0, 0.1) is 16.0 Å². The van der Waals surface area contributed by atoms with E-state index in [0.717, 1.165) is 0 Å². The number of nitrogens with one attached hydrogen (secondary N) is 4. The molecule has 4 amide bonds. The lowest BCUT2D eigenvalue weighted by molar-refractivity contribution is -0.385. The summed E-state index contributed by atoms with van der Waals surface area (Å²) in [5.41, 5.74) is 11.8. The Hall–Kier alpha value is -6.07. The van der Waals surface area contributed by atoms with E-state index in [1.807, 2.05) is 13.8 Å². The molecule has 0 spiro atoms. The molecule has 0 radical (unpaired) electrons. The van der Waals surface area contributed by atoms with Gasteiger partial charge in [-0.3, -0.25) is 34.1 Å². The maximum Gasteiger partial charge on any atom is 0.325 e. The highest BCUT2D eigenvalue weighted by Crippen LogP contribution is 2.43. The second-order valence-corrected chi connectivity index (χ2v) is 12.7. The van der Waals surface area contributed by atoms with Crippen LogP contribution >= 0.6 is 0 Å². The molecule has 0 unspecified atom stereocenters. The van der Waals surface area contributed by atoms with Gasteiger partial charge in [0.1, 0.15) is 18.1 Å². The smallest absolute Gasteiger partial charge is 0.325 e. The van der Waals surface area contributed by atoms with Crippen molar-refractivity contribution in [3.8, 4) is 23.0 Å². The number of esters is 1. The maximum atomic E-state index is 14.1. The first-order valence-electron chi connectivity index (χ1n) is 16.8. The minimum atomic E-state index is -1.36. The van der Waals surface area contributed by atoms with Crippen molar-refractivity contribution in [2.45, 2.75) is 57.8 Å². The van der Waals surface area contributed by atoms with Crippen molar-refractivity contribution in [3.05, 3.63) is 87.5 Å². The highest BCUT2D eigenvalue weighted by molar-refractivity contribution is 5.94. The van der Waals surface area contributed by atoms with Crippen molar-refractivity contribution in [2.24, 2.45) is 17.4 Å². The first-order valence-corrected chi connectivity index (χ1v) is 16.8. The molecule has 2 heterocycles. The fourth-order valence-corrected chi connectivity index (χ4v) is 5.60. The summed E-state index contributed by atoms with van der Waals surface area (Å²) in [6.45, 7) is 2.70. The highest BCUT2D eigenvalue weighted by Gasteiger charge is 2.32. The van der Waals surface area contributed by atoms with Crippen LogP contribution in [0.15, 0.2) is 60.7 Å². The largest absolute Gasteiger partial charge is 0.490 e. The van der Waals surface area contributed by atoms with Gasteiger partial charge in [0, 0.05) is 25.5 Å². The topological polar surface area (TPSA) is 256 Å². The molecule has 0 saturated carbocycles. The van der Waals surface area contributed by atoms with E-state index in [4.69, 9.17) is 25.7 Å². The van der Waals surface area contributed by atoms with E-state index in [1.54, 1.807) is 30.3 Å². The number of ether oxygens (including phenoxy) is 3. The van der Waals surface area contributed by atoms with Gasteiger partial charge in [0.25, 0.3) is 0 Å². The Morgan fingerprint density at radius 3 is 2.38 bits per heavy atom. The molecule has 0 aromatic heterocycles. The van der Waals surface area contributed by atoms with Gasteiger partial charge in [0.05, 0.1) is 25.1 Å². The lowest BCUT2D eigenvalue weighted by Gasteiger charge is -2.26. The number of rotatable bonds is 12. The van der Waals surface area contributed by atoms with Crippen molar-refractivity contribution >= 4 is 35.3 Å². The number of nitrogens with zero attached hydrogens (tertiary/aromatic N) is 1. The molecular weight excluding hydrogens is 690 g/mol. The molecule has 2 aliphatic rings. The predicted molar refractivity (Wildman–Crippen MR) is 191 cm³/mol. The van der Waals surface area contributed by atoms with Crippen LogP contribution in [0.2, 0.25) is 0 Å². The Kier molecular flexibility index (Phi) is 13.8. The fourth-order valence-electron chi connectivity index (χ4n) is 5.60. The number of hydrogen-bond donors (Lipinski definition) is 6. The number of methoxy groups -OCH3 is 1. The van der Waals surface area contributed by atoms with E-state index in [-0.39, 0.29) is 66.8 Å². The zero-order valence-electron chi connectivity index (χ0n) is 29.5. The maximum absolute atomic E-state index is 14.1. The lowest BCUT2D eigenvalue weighted by Crippen LogP contribution is -2.58. The minimum absolute atomic E-state index is 0.0363. The van der Waals surface area contributed by atoms with Gasteiger partial charge in [-0.15, -0.1) is 0 Å². The molecule has 282 valence electrons. The summed E-state index contributed by atoms with van der Waals surface area (Å²) in [5.74, 6) is -3.95. The van der Waals surface area contributed by atoms with Gasteiger partial charge < -0.3 is 46.9 Å². The molecule has 8 N–H and O–H groups in total. The molecule has 17 nitrogen and oxygen atoms in total. The molecule has 0 aliphatic carbocycles. The van der Waals surface area contributed by atoms with E-state index in [9.17, 15) is 34.1 Å². The molecule has 0 fully saturated rings. The molecular formula is C36H43N7O10. The second kappa shape index (κ2) is 18.4. The summed E-state index contributed by atoms with van der Waals surface area (Å²) in [7, 11) is 1.28. The number of nitro groups is 1.